The van der Waals surface area contributed by atoms with Gasteiger partial charge in [0.05, 0.1) is 4.90 Å². The second-order valence-corrected chi connectivity index (χ2v) is 6.83. The van der Waals surface area contributed by atoms with Gasteiger partial charge in [0.1, 0.15) is 0 Å². The van der Waals surface area contributed by atoms with E-state index in [0.29, 0.717) is 12.6 Å². The van der Waals surface area contributed by atoms with E-state index in [2.05, 4.69) is 15.4 Å². The summed E-state index contributed by atoms with van der Waals surface area (Å²) in [6.45, 7) is 1.70. The molecule has 2 rings (SSSR count). The van der Waals surface area contributed by atoms with Crippen molar-refractivity contribution in [2.75, 3.05) is 19.6 Å². The molecule has 1 aliphatic rings. The average molecular weight is 311 g/mol. The molecule has 1 amide bonds. The number of benzene rings is 1. The van der Waals surface area contributed by atoms with Gasteiger partial charge in [0, 0.05) is 25.6 Å². The van der Waals surface area contributed by atoms with Crippen LogP contribution in [0, 0.1) is 0 Å². The summed E-state index contributed by atoms with van der Waals surface area (Å²) in [7, 11) is -3.53. The molecule has 0 spiro atoms. The molecule has 3 N–H and O–H groups in total. The predicted molar refractivity (Wildman–Crippen MR) is 80.3 cm³/mol. The standard InChI is InChI=1S/C14H21N3O3S/c18-14(16-11-12-5-4-9-15-12)8-10-17-21(19,20)13-6-2-1-3-7-13/h1-3,6-7,12,15,17H,4-5,8-11H2,(H,16,18). The van der Waals surface area contributed by atoms with E-state index in [-0.39, 0.29) is 23.8 Å². The van der Waals surface area contributed by atoms with Crippen LogP contribution >= 0.6 is 0 Å². The Hall–Kier alpha value is -1.44. The van der Waals surface area contributed by atoms with E-state index in [1.54, 1.807) is 18.2 Å². The molecule has 7 heteroatoms. The zero-order valence-corrected chi connectivity index (χ0v) is 12.7. The average Bonchev–Trinajstić information content (AvgIpc) is 2.99. The molecular weight excluding hydrogens is 290 g/mol. The summed E-state index contributed by atoms with van der Waals surface area (Å²) in [6.07, 6.45) is 2.34. The van der Waals surface area contributed by atoms with Gasteiger partial charge in [-0.2, -0.15) is 0 Å². The molecular formula is C14H21N3O3S. The maximum atomic E-state index is 11.9. The summed E-state index contributed by atoms with van der Waals surface area (Å²) in [5.41, 5.74) is 0. The van der Waals surface area contributed by atoms with Gasteiger partial charge in [-0.05, 0) is 31.5 Å². The quantitative estimate of drug-likeness (QED) is 0.672. The van der Waals surface area contributed by atoms with Crippen molar-refractivity contribution in [1.29, 1.82) is 0 Å². The van der Waals surface area contributed by atoms with E-state index in [9.17, 15) is 13.2 Å². The Morgan fingerprint density at radius 3 is 2.71 bits per heavy atom. The molecule has 1 aliphatic heterocycles. The van der Waals surface area contributed by atoms with Crippen LogP contribution in [0.15, 0.2) is 35.2 Å². The van der Waals surface area contributed by atoms with Crippen LogP contribution in [0.4, 0.5) is 0 Å². The molecule has 0 saturated carbocycles. The van der Waals surface area contributed by atoms with Crippen molar-refractivity contribution >= 4 is 15.9 Å². The fourth-order valence-electron chi connectivity index (χ4n) is 2.24. The van der Waals surface area contributed by atoms with Crippen molar-refractivity contribution in [3.8, 4) is 0 Å². The van der Waals surface area contributed by atoms with Crippen molar-refractivity contribution in [3.63, 3.8) is 0 Å². The fraction of sp³-hybridized carbons (Fsp3) is 0.500. The fourth-order valence-corrected chi connectivity index (χ4v) is 3.29. The number of rotatable bonds is 7. The van der Waals surface area contributed by atoms with Gasteiger partial charge in [0.25, 0.3) is 0 Å². The van der Waals surface area contributed by atoms with Crippen LogP contribution in [0.2, 0.25) is 0 Å². The Balaban J connectivity index is 1.69. The number of carbonyl (C=O) groups is 1. The smallest absolute Gasteiger partial charge is 0.240 e. The molecule has 0 aliphatic carbocycles. The lowest BCUT2D eigenvalue weighted by atomic mass is 10.2. The first-order valence-corrected chi connectivity index (χ1v) is 8.61. The normalized spacial score (nSPS) is 18.6. The maximum absolute atomic E-state index is 11.9. The monoisotopic (exact) mass is 311 g/mol. The van der Waals surface area contributed by atoms with Gasteiger partial charge in [0.15, 0.2) is 0 Å². The summed E-state index contributed by atoms with van der Waals surface area (Å²) < 4.78 is 26.3. The molecule has 116 valence electrons. The van der Waals surface area contributed by atoms with Gasteiger partial charge in [0.2, 0.25) is 15.9 Å². The third-order valence-corrected chi connectivity index (χ3v) is 4.88. The molecule has 1 unspecified atom stereocenters. The van der Waals surface area contributed by atoms with Crippen LogP contribution in [-0.2, 0) is 14.8 Å². The molecule has 21 heavy (non-hydrogen) atoms. The summed E-state index contributed by atoms with van der Waals surface area (Å²) >= 11 is 0. The molecule has 0 bridgehead atoms. The molecule has 1 fully saturated rings. The molecule has 1 aromatic rings. The zero-order valence-electron chi connectivity index (χ0n) is 11.8. The van der Waals surface area contributed by atoms with Crippen molar-refractivity contribution in [3.05, 3.63) is 30.3 Å². The third kappa shape index (κ3) is 5.11. The highest BCUT2D eigenvalue weighted by Crippen LogP contribution is 2.06. The highest BCUT2D eigenvalue weighted by Gasteiger charge is 2.16. The Bertz CT molecular complexity index is 554. The summed E-state index contributed by atoms with van der Waals surface area (Å²) in [5, 5.41) is 6.10. The van der Waals surface area contributed by atoms with Crippen LogP contribution in [-0.4, -0.2) is 40.0 Å². The number of carbonyl (C=O) groups excluding carboxylic acids is 1. The first kappa shape index (κ1) is 15.9. The Morgan fingerprint density at radius 1 is 1.29 bits per heavy atom. The van der Waals surface area contributed by atoms with Gasteiger partial charge in [-0.15, -0.1) is 0 Å². The lowest BCUT2D eigenvalue weighted by molar-refractivity contribution is -0.121. The van der Waals surface area contributed by atoms with E-state index >= 15 is 0 Å². The van der Waals surface area contributed by atoms with Gasteiger partial charge >= 0.3 is 0 Å². The Kier molecular flexibility index (Phi) is 5.72. The molecule has 1 heterocycles. The highest BCUT2D eigenvalue weighted by molar-refractivity contribution is 7.89. The number of hydrogen-bond donors (Lipinski definition) is 3. The van der Waals surface area contributed by atoms with Crippen LogP contribution in [0.5, 0.6) is 0 Å². The number of amides is 1. The SMILES string of the molecule is O=C(CCNS(=O)(=O)c1ccccc1)NCC1CCCN1. The summed E-state index contributed by atoms with van der Waals surface area (Å²) in [4.78, 5) is 11.9. The molecule has 0 aromatic heterocycles. The predicted octanol–water partition coefficient (Wildman–Crippen LogP) is 0.223. The second-order valence-electron chi connectivity index (χ2n) is 5.06. The van der Waals surface area contributed by atoms with Crippen LogP contribution in [0.1, 0.15) is 19.3 Å². The van der Waals surface area contributed by atoms with Crippen LogP contribution in [0.25, 0.3) is 0 Å². The third-order valence-electron chi connectivity index (χ3n) is 3.41. The van der Waals surface area contributed by atoms with E-state index in [1.165, 1.54) is 12.1 Å². The summed E-state index contributed by atoms with van der Waals surface area (Å²) in [5.74, 6) is -0.139. The Labute approximate surface area is 125 Å². The molecule has 1 saturated heterocycles. The number of hydrogen-bond acceptors (Lipinski definition) is 4. The number of sulfonamides is 1. The van der Waals surface area contributed by atoms with Gasteiger partial charge in [-0.1, -0.05) is 18.2 Å². The van der Waals surface area contributed by atoms with Crippen LogP contribution < -0.4 is 15.4 Å². The highest BCUT2D eigenvalue weighted by atomic mass is 32.2. The van der Waals surface area contributed by atoms with Crippen molar-refractivity contribution in [2.24, 2.45) is 0 Å². The van der Waals surface area contributed by atoms with Crippen LogP contribution in [0.3, 0.4) is 0 Å². The zero-order chi connectivity index (χ0) is 15.1. The van der Waals surface area contributed by atoms with Gasteiger partial charge in [-0.25, -0.2) is 13.1 Å². The van der Waals surface area contributed by atoms with Crippen molar-refractivity contribution < 1.29 is 13.2 Å². The summed E-state index contributed by atoms with van der Waals surface area (Å²) in [6, 6.07) is 8.47. The minimum Gasteiger partial charge on any atom is -0.354 e. The van der Waals surface area contributed by atoms with Crippen molar-refractivity contribution in [1.82, 2.24) is 15.4 Å². The van der Waals surface area contributed by atoms with E-state index in [1.807, 2.05) is 0 Å². The molecule has 1 aromatic carbocycles. The first-order valence-electron chi connectivity index (χ1n) is 7.13. The first-order chi connectivity index (χ1) is 10.1. The maximum Gasteiger partial charge on any atom is 0.240 e. The Morgan fingerprint density at radius 2 is 2.05 bits per heavy atom. The molecule has 1 atom stereocenters. The lowest BCUT2D eigenvalue weighted by Crippen LogP contribution is -2.38. The molecule has 6 nitrogen and oxygen atoms in total. The van der Waals surface area contributed by atoms with E-state index in [0.717, 1.165) is 19.4 Å². The lowest BCUT2D eigenvalue weighted by Gasteiger charge is -2.11. The number of nitrogens with one attached hydrogen (secondary N) is 3. The largest absolute Gasteiger partial charge is 0.354 e. The topological polar surface area (TPSA) is 87.3 Å². The van der Waals surface area contributed by atoms with E-state index in [4.69, 9.17) is 0 Å². The molecule has 0 radical (unpaired) electrons. The minimum atomic E-state index is -3.53. The van der Waals surface area contributed by atoms with E-state index < -0.39 is 10.0 Å². The van der Waals surface area contributed by atoms with Gasteiger partial charge in [-0.3, -0.25) is 4.79 Å². The minimum absolute atomic E-state index is 0.0984. The second kappa shape index (κ2) is 7.53. The van der Waals surface area contributed by atoms with Crippen molar-refractivity contribution in [2.45, 2.75) is 30.2 Å². The van der Waals surface area contributed by atoms with Gasteiger partial charge < -0.3 is 10.6 Å².